The maximum atomic E-state index is 13.2. The average molecular weight is 253 g/mol. The molecule has 0 amide bonds. The molecule has 1 atom stereocenters. The molecule has 4 heteroatoms. The van der Waals surface area contributed by atoms with Crippen molar-refractivity contribution >= 4 is 0 Å². The van der Waals surface area contributed by atoms with Gasteiger partial charge in [-0.1, -0.05) is 6.07 Å². The van der Waals surface area contributed by atoms with Crippen LogP contribution in [0.2, 0.25) is 0 Å². The lowest BCUT2D eigenvalue weighted by Crippen LogP contribution is -2.32. The summed E-state index contributed by atoms with van der Waals surface area (Å²) in [6.45, 7) is 3.34. The van der Waals surface area contributed by atoms with Crippen LogP contribution in [0.25, 0.3) is 0 Å². The summed E-state index contributed by atoms with van der Waals surface area (Å²) in [5.41, 5.74) is 2.15. The Bertz CT molecular complexity index is 391. The van der Waals surface area contributed by atoms with Crippen LogP contribution in [0.5, 0.6) is 0 Å². The molecular formula is C14H20FNO2. The summed E-state index contributed by atoms with van der Waals surface area (Å²) >= 11 is 0. The molecule has 0 bridgehead atoms. The second kappa shape index (κ2) is 6.27. The predicted octanol–water partition coefficient (Wildman–Crippen LogP) is 2.03. The van der Waals surface area contributed by atoms with Crippen molar-refractivity contribution in [1.29, 1.82) is 0 Å². The number of nitrogens with one attached hydrogen (secondary N) is 1. The molecule has 0 spiro atoms. The van der Waals surface area contributed by atoms with E-state index in [0.29, 0.717) is 13.2 Å². The minimum absolute atomic E-state index is 0.128. The molecule has 1 aromatic rings. The molecule has 0 radical (unpaired) electrons. The number of rotatable bonds is 5. The Kier molecular flexibility index (Phi) is 4.69. The first kappa shape index (κ1) is 13.5. The molecule has 1 saturated heterocycles. The van der Waals surface area contributed by atoms with Crippen molar-refractivity contribution in [2.24, 2.45) is 0 Å². The zero-order chi connectivity index (χ0) is 13.0. The van der Waals surface area contributed by atoms with E-state index in [-0.39, 0.29) is 18.1 Å². The molecule has 1 heterocycles. The van der Waals surface area contributed by atoms with E-state index in [1.54, 1.807) is 6.07 Å². The quantitative estimate of drug-likeness (QED) is 0.871. The molecule has 100 valence electrons. The van der Waals surface area contributed by atoms with Crippen molar-refractivity contribution in [2.75, 3.05) is 20.3 Å². The van der Waals surface area contributed by atoms with E-state index in [4.69, 9.17) is 9.47 Å². The minimum Gasteiger partial charge on any atom is -0.350 e. The van der Waals surface area contributed by atoms with Crippen LogP contribution in [0.1, 0.15) is 17.5 Å². The zero-order valence-corrected chi connectivity index (χ0v) is 10.9. The van der Waals surface area contributed by atoms with Gasteiger partial charge in [0.1, 0.15) is 5.82 Å². The highest BCUT2D eigenvalue weighted by Gasteiger charge is 2.21. The fourth-order valence-electron chi connectivity index (χ4n) is 2.20. The third kappa shape index (κ3) is 3.51. The van der Waals surface area contributed by atoms with Crippen molar-refractivity contribution in [1.82, 2.24) is 5.32 Å². The van der Waals surface area contributed by atoms with Crippen molar-refractivity contribution in [3.63, 3.8) is 0 Å². The first-order chi connectivity index (χ1) is 8.69. The van der Waals surface area contributed by atoms with Gasteiger partial charge in [-0.2, -0.15) is 0 Å². The highest BCUT2D eigenvalue weighted by Crippen LogP contribution is 2.17. The first-order valence-electron chi connectivity index (χ1n) is 6.34. The van der Waals surface area contributed by atoms with E-state index in [1.807, 2.05) is 20.0 Å². The van der Waals surface area contributed by atoms with Crippen molar-refractivity contribution < 1.29 is 13.9 Å². The highest BCUT2D eigenvalue weighted by atomic mass is 19.1. The molecule has 1 aromatic carbocycles. The van der Waals surface area contributed by atoms with Gasteiger partial charge in [-0.25, -0.2) is 4.39 Å². The van der Waals surface area contributed by atoms with Gasteiger partial charge >= 0.3 is 0 Å². The fraction of sp³-hybridized carbons (Fsp3) is 0.571. The molecule has 1 unspecified atom stereocenters. The molecule has 0 aliphatic carbocycles. The number of hydrogen-bond acceptors (Lipinski definition) is 3. The summed E-state index contributed by atoms with van der Waals surface area (Å²) in [7, 11) is 1.91. The summed E-state index contributed by atoms with van der Waals surface area (Å²) in [5.74, 6) is -0.182. The molecule has 1 N–H and O–H groups in total. The number of likely N-dealkylation sites (N-methyl/N-ethyl adjacent to an activating group) is 1. The molecule has 1 fully saturated rings. The molecule has 3 nitrogen and oxygen atoms in total. The van der Waals surface area contributed by atoms with Crippen LogP contribution in [-0.4, -0.2) is 32.6 Å². The molecule has 18 heavy (non-hydrogen) atoms. The van der Waals surface area contributed by atoms with E-state index < -0.39 is 0 Å². The molecule has 1 aliphatic heterocycles. The maximum absolute atomic E-state index is 13.2. The number of benzene rings is 1. The van der Waals surface area contributed by atoms with Gasteiger partial charge < -0.3 is 14.8 Å². The van der Waals surface area contributed by atoms with Crippen LogP contribution in [0.3, 0.4) is 0 Å². The highest BCUT2D eigenvalue weighted by molar-refractivity contribution is 5.27. The molecule has 1 aliphatic rings. The van der Waals surface area contributed by atoms with E-state index in [0.717, 1.165) is 24.0 Å². The van der Waals surface area contributed by atoms with Crippen LogP contribution in [0, 0.1) is 12.7 Å². The topological polar surface area (TPSA) is 30.5 Å². The van der Waals surface area contributed by atoms with Gasteiger partial charge in [-0.15, -0.1) is 0 Å². The summed E-state index contributed by atoms with van der Waals surface area (Å²) < 4.78 is 24.1. The lowest BCUT2D eigenvalue weighted by Gasteiger charge is -2.20. The summed E-state index contributed by atoms with van der Waals surface area (Å²) in [6, 6.07) is 5.15. The molecule has 2 rings (SSSR count). The Morgan fingerprint density at radius 1 is 1.39 bits per heavy atom. The van der Waals surface area contributed by atoms with Gasteiger partial charge in [0.15, 0.2) is 6.29 Å². The number of hydrogen-bond donors (Lipinski definition) is 1. The normalized spacial score (nSPS) is 18.2. The number of ether oxygens (including phenoxy) is 2. The van der Waals surface area contributed by atoms with E-state index in [2.05, 4.69) is 5.32 Å². The summed E-state index contributed by atoms with van der Waals surface area (Å²) in [6.07, 6.45) is 1.44. The second-order valence-corrected chi connectivity index (χ2v) is 4.67. The first-order valence-corrected chi connectivity index (χ1v) is 6.34. The largest absolute Gasteiger partial charge is 0.350 e. The SMILES string of the molecule is CNC(Cc1cc(F)ccc1C)CC1OCCO1. The van der Waals surface area contributed by atoms with Crippen LogP contribution in [0.4, 0.5) is 4.39 Å². The van der Waals surface area contributed by atoms with Gasteiger partial charge in [0.05, 0.1) is 13.2 Å². The Labute approximate surface area is 107 Å². The van der Waals surface area contributed by atoms with Crippen LogP contribution in [0.15, 0.2) is 18.2 Å². The van der Waals surface area contributed by atoms with Crippen molar-refractivity contribution in [2.45, 2.75) is 32.1 Å². The summed E-state index contributed by atoms with van der Waals surface area (Å²) in [4.78, 5) is 0. The minimum atomic E-state index is -0.182. The standard InChI is InChI=1S/C14H20FNO2/c1-10-3-4-12(15)7-11(10)8-13(16-2)9-14-17-5-6-18-14/h3-4,7,13-14,16H,5-6,8-9H2,1-2H3. The number of aryl methyl sites for hydroxylation is 1. The van der Waals surface area contributed by atoms with Crippen LogP contribution >= 0.6 is 0 Å². The van der Waals surface area contributed by atoms with Gasteiger partial charge in [0, 0.05) is 12.5 Å². The van der Waals surface area contributed by atoms with Gasteiger partial charge in [-0.05, 0) is 43.7 Å². The van der Waals surface area contributed by atoms with E-state index in [9.17, 15) is 4.39 Å². The maximum Gasteiger partial charge on any atom is 0.159 e. The molecular weight excluding hydrogens is 233 g/mol. The smallest absolute Gasteiger partial charge is 0.159 e. The average Bonchev–Trinajstić information content (AvgIpc) is 2.85. The Morgan fingerprint density at radius 3 is 2.78 bits per heavy atom. The van der Waals surface area contributed by atoms with E-state index in [1.165, 1.54) is 6.07 Å². The molecule has 0 saturated carbocycles. The Morgan fingerprint density at radius 2 is 2.11 bits per heavy atom. The lowest BCUT2D eigenvalue weighted by molar-refractivity contribution is -0.0522. The summed E-state index contributed by atoms with van der Waals surface area (Å²) in [5, 5.41) is 3.24. The zero-order valence-electron chi connectivity index (χ0n) is 10.9. The molecule has 0 aromatic heterocycles. The van der Waals surface area contributed by atoms with Crippen molar-refractivity contribution in [3.8, 4) is 0 Å². The lowest BCUT2D eigenvalue weighted by atomic mass is 9.99. The van der Waals surface area contributed by atoms with E-state index >= 15 is 0 Å². The van der Waals surface area contributed by atoms with Crippen LogP contribution < -0.4 is 5.32 Å². The Hall–Kier alpha value is -0.970. The van der Waals surface area contributed by atoms with Crippen LogP contribution in [-0.2, 0) is 15.9 Å². The fourth-order valence-corrected chi connectivity index (χ4v) is 2.20. The van der Waals surface area contributed by atoms with Gasteiger partial charge in [-0.3, -0.25) is 0 Å². The third-order valence-corrected chi connectivity index (χ3v) is 3.35. The Balaban J connectivity index is 1.98. The predicted molar refractivity (Wildman–Crippen MR) is 68.0 cm³/mol. The van der Waals surface area contributed by atoms with Gasteiger partial charge in [0.25, 0.3) is 0 Å². The number of halogens is 1. The second-order valence-electron chi connectivity index (χ2n) is 4.67. The van der Waals surface area contributed by atoms with Gasteiger partial charge in [0.2, 0.25) is 0 Å². The van der Waals surface area contributed by atoms with Crippen molar-refractivity contribution in [3.05, 3.63) is 35.1 Å². The third-order valence-electron chi connectivity index (χ3n) is 3.35. The monoisotopic (exact) mass is 253 g/mol.